The molecule has 0 spiro atoms. The highest BCUT2D eigenvalue weighted by atomic mass is 16.4. The molecule has 23 heavy (non-hydrogen) atoms. The molecule has 0 bridgehead atoms. The predicted molar refractivity (Wildman–Crippen MR) is 83.7 cm³/mol. The number of amides is 1. The number of carbonyl (C=O) groups excluding carboxylic acids is 2. The standard InChI is InChI=1S/C8H10N2O.C6H13NO5/c1-10-7-5-3-2-4-6(7)8(9)11;7-3(1-8)5(11)6(12)4(10)2-9/h2-5,10H,1H3,(H2,9,11);1,3-6,9-12H,2,7H2/t;3-,4+,5+,6+/m.0/s1. The zero-order valence-electron chi connectivity index (χ0n) is 12.7. The van der Waals surface area contributed by atoms with Crippen molar-refractivity contribution in [3.63, 3.8) is 0 Å². The molecule has 0 unspecified atom stereocenters. The summed E-state index contributed by atoms with van der Waals surface area (Å²) in [6.07, 6.45) is -4.43. The first kappa shape index (κ1) is 21.0. The topological polar surface area (TPSA) is 179 Å². The van der Waals surface area contributed by atoms with E-state index in [0.717, 1.165) is 5.69 Å². The molecule has 1 amide bonds. The molecule has 1 aromatic rings. The van der Waals surface area contributed by atoms with Crippen LogP contribution in [0.3, 0.4) is 0 Å². The fourth-order valence-electron chi connectivity index (χ4n) is 1.56. The summed E-state index contributed by atoms with van der Waals surface area (Å²) in [7, 11) is 1.75. The van der Waals surface area contributed by atoms with Gasteiger partial charge in [0.2, 0.25) is 0 Å². The van der Waals surface area contributed by atoms with Gasteiger partial charge in [-0.2, -0.15) is 0 Å². The highest BCUT2D eigenvalue weighted by Gasteiger charge is 2.28. The van der Waals surface area contributed by atoms with Crippen LogP contribution in [0.5, 0.6) is 0 Å². The number of hydrogen-bond acceptors (Lipinski definition) is 8. The second kappa shape index (κ2) is 10.6. The van der Waals surface area contributed by atoms with Crippen LogP contribution in [0.4, 0.5) is 5.69 Å². The van der Waals surface area contributed by atoms with Crippen molar-refractivity contribution in [1.82, 2.24) is 0 Å². The molecule has 9 N–H and O–H groups in total. The highest BCUT2D eigenvalue weighted by molar-refractivity contribution is 5.98. The lowest BCUT2D eigenvalue weighted by molar-refractivity contribution is -0.118. The number of aliphatic hydroxyl groups is 4. The Morgan fingerprint density at radius 2 is 1.83 bits per heavy atom. The first-order valence-corrected chi connectivity index (χ1v) is 6.72. The van der Waals surface area contributed by atoms with E-state index in [1.54, 1.807) is 25.2 Å². The number of aldehydes is 1. The van der Waals surface area contributed by atoms with Gasteiger partial charge in [0.15, 0.2) is 0 Å². The number of nitrogens with two attached hydrogens (primary N) is 2. The van der Waals surface area contributed by atoms with Crippen LogP contribution in [0.25, 0.3) is 0 Å². The Morgan fingerprint density at radius 1 is 1.26 bits per heavy atom. The zero-order chi connectivity index (χ0) is 18.0. The van der Waals surface area contributed by atoms with Gasteiger partial charge in [-0.15, -0.1) is 0 Å². The summed E-state index contributed by atoms with van der Waals surface area (Å²) in [6.45, 7) is -0.705. The van der Waals surface area contributed by atoms with Gasteiger partial charge in [0, 0.05) is 12.7 Å². The van der Waals surface area contributed by atoms with Crippen molar-refractivity contribution in [3.8, 4) is 0 Å². The molecule has 0 saturated heterocycles. The molecule has 0 aliphatic rings. The van der Waals surface area contributed by atoms with E-state index in [-0.39, 0.29) is 6.29 Å². The summed E-state index contributed by atoms with van der Waals surface area (Å²) < 4.78 is 0. The molecule has 9 heteroatoms. The van der Waals surface area contributed by atoms with Gasteiger partial charge in [-0.1, -0.05) is 12.1 Å². The fraction of sp³-hybridized carbons (Fsp3) is 0.429. The fourth-order valence-corrected chi connectivity index (χ4v) is 1.56. The van der Waals surface area contributed by atoms with Gasteiger partial charge in [0.25, 0.3) is 5.91 Å². The Bertz CT molecular complexity index is 499. The average Bonchev–Trinajstić information content (AvgIpc) is 2.59. The normalized spacial score (nSPS) is 15.4. The van der Waals surface area contributed by atoms with Gasteiger partial charge in [0.05, 0.1) is 18.2 Å². The van der Waals surface area contributed by atoms with Gasteiger partial charge in [0.1, 0.15) is 24.6 Å². The van der Waals surface area contributed by atoms with Crippen LogP contribution in [0.2, 0.25) is 0 Å². The van der Waals surface area contributed by atoms with Crippen LogP contribution in [-0.2, 0) is 4.79 Å². The number of benzene rings is 1. The molecule has 0 fully saturated rings. The minimum absolute atomic E-state index is 0.248. The van der Waals surface area contributed by atoms with E-state index in [0.29, 0.717) is 5.56 Å². The Balaban J connectivity index is 0.000000422. The number of hydrogen-bond donors (Lipinski definition) is 7. The molecule has 130 valence electrons. The highest BCUT2D eigenvalue weighted by Crippen LogP contribution is 2.12. The number of aliphatic hydroxyl groups excluding tert-OH is 4. The summed E-state index contributed by atoms with van der Waals surface area (Å²) in [5.41, 5.74) is 11.4. The number of carbonyl (C=O) groups is 2. The molecule has 0 aliphatic heterocycles. The number of nitrogens with one attached hydrogen (secondary N) is 1. The van der Waals surface area contributed by atoms with Crippen LogP contribution in [0.15, 0.2) is 24.3 Å². The molecule has 0 radical (unpaired) electrons. The van der Waals surface area contributed by atoms with Crippen LogP contribution >= 0.6 is 0 Å². The third-order valence-corrected chi connectivity index (χ3v) is 2.94. The smallest absolute Gasteiger partial charge is 0.250 e. The van der Waals surface area contributed by atoms with E-state index < -0.39 is 36.9 Å². The minimum Gasteiger partial charge on any atom is -0.394 e. The minimum atomic E-state index is -1.62. The van der Waals surface area contributed by atoms with E-state index in [4.69, 9.17) is 31.9 Å². The average molecular weight is 329 g/mol. The van der Waals surface area contributed by atoms with E-state index >= 15 is 0 Å². The summed E-state index contributed by atoms with van der Waals surface area (Å²) in [6, 6.07) is 5.86. The Labute approximate surface area is 133 Å². The maximum atomic E-state index is 10.8. The van der Waals surface area contributed by atoms with Gasteiger partial charge >= 0.3 is 0 Å². The summed E-state index contributed by atoms with van der Waals surface area (Å²) >= 11 is 0. The predicted octanol–water partition coefficient (Wildman–Crippen LogP) is -2.59. The zero-order valence-corrected chi connectivity index (χ0v) is 12.7. The SMILES string of the molecule is CNc1ccccc1C(N)=O.N[C@@H](C=O)[C@@H](O)[C@H](O)[C@H](O)CO. The number of rotatable bonds is 7. The van der Waals surface area contributed by atoms with Crippen molar-refractivity contribution in [2.45, 2.75) is 24.4 Å². The molecule has 0 aromatic heterocycles. The first-order chi connectivity index (χ1) is 10.8. The summed E-state index contributed by atoms with van der Waals surface area (Å²) in [5, 5.41) is 38.0. The summed E-state index contributed by atoms with van der Waals surface area (Å²) in [5.74, 6) is -0.407. The van der Waals surface area contributed by atoms with Crippen LogP contribution in [0, 0.1) is 0 Å². The third kappa shape index (κ3) is 6.72. The van der Waals surface area contributed by atoms with Crippen LogP contribution in [-0.4, -0.2) is 70.6 Å². The van der Waals surface area contributed by atoms with Gasteiger partial charge in [-0.25, -0.2) is 0 Å². The van der Waals surface area contributed by atoms with Crippen LogP contribution in [0.1, 0.15) is 10.4 Å². The maximum absolute atomic E-state index is 10.8. The molecular formula is C14H23N3O6. The van der Waals surface area contributed by atoms with Gasteiger partial charge in [-0.05, 0) is 12.1 Å². The van der Waals surface area contributed by atoms with E-state index in [2.05, 4.69) is 5.32 Å². The van der Waals surface area contributed by atoms with Crippen molar-refractivity contribution in [1.29, 1.82) is 0 Å². The molecule has 4 atom stereocenters. The molecule has 0 aliphatic carbocycles. The monoisotopic (exact) mass is 329 g/mol. The second-order valence-corrected chi connectivity index (χ2v) is 4.60. The van der Waals surface area contributed by atoms with Gasteiger partial charge < -0.3 is 42.0 Å². The van der Waals surface area contributed by atoms with Crippen molar-refractivity contribution < 1.29 is 30.0 Å². The van der Waals surface area contributed by atoms with Crippen molar-refractivity contribution in [3.05, 3.63) is 29.8 Å². The summed E-state index contributed by atoms with van der Waals surface area (Å²) in [4.78, 5) is 20.8. The lowest BCUT2D eigenvalue weighted by Gasteiger charge is -2.23. The molecule has 1 rings (SSSR count). The number of para-hydroxylation sites is 1. The third-order valence-electron chi connectivity index (χ3n) is 2.94. The molecule has 0 heterocycles. The van der Waals surface area contributed by atoms with E-state index in [1.165, 1.54) is 0 Å². The molecule has 0 saturated carbocycles. The Hall–Kier alpha value is -2.04. The number of anilines is 1. The lowest BCUT2D eigenvalue weighted by Crippen LogP contribution is -2.49. The lowest BCUT2D eigenvalue weighted by atomic mass is 10.0. The van der Waals surface area contributed by atoms with Crippen molar-refractivity contribution in [2.75, 3.05) is 19.0 Å². The number of primary amides is 1. The first-order valence-electron chi connectivity index (χ1n) is 6.72. The largest absolute Gasteiger partial charge is 0.394 e. The van der Waals surface area contributed by atoms with E-state index in [1.807, 2.05) is 6.07 Å². The van der Waals surface area contributed by atoms with E-state index in [9.17, 15) is 9.59 Å². The Morgan fingerprint density at radius 3 is 2.22 bits per heavy atom. The molecule has 9 nitrogen and oxygen atoms in total. The second-order valence-electron chi connectivity index (χ2n) is 4.60. The van der Waals surface area contributed by atoms with Crippen molar-refractivity contribution >= 4 is 17.9 Å². The van der Waals surface area contributed by atoms with Gasteiger partial charge in [-0.3, -0.25) is 4.79 Å². The Kier molecular flexibility index (Phi) is 9.70. The van der Waals surface area contributed by atoms with Crippen LogP contribution < -0.4 is 16.8 Å². The molecular weight excluding hydrogens is 306 g/mol. The van der Waals surface area contributed by atoms with Crippen molar-refractivity contribution in [2.24, 2.45) is 11.5 Å². The molecule has 1 aromatic carbocycles. The maximum Gasteiger partial charge on any atom is 0.250 e. The quantitative estimate of drug-likeness (QED) is 0.266.